The second kappa shape index (κ2) is 5.93. The van der Waals surface area contributed by atoms with Gasteiger partial charge in [-0.05, 0) is 48.3 Å². The number of carbonyl (C=O) groups is 1. The highest BCUT2D eigenvalue weighted by Gasteiger charge is 2.72. The highest BCUT2D eigenvalue weighted by atomic mass is 32.2. The zero-order chi connectivity index (χ0) is 19.6. The molecule has 27 heavy (non-hydrogen) atoms. The maximum absolute atomic E-state index is 13.3. The average Bonchev–Trinajstić information content (AvgIpc) is 3.10. The summed E-state index contributed by atoms with van der Waals surface area (Å²) in [5.41, 5.74) is 2.01. The van der Waals surface area contributed by atoms with Crippen LogP contribution in [-0.2, 0) is 14.8 Å². The Morgan fingerprint density at radius 2 is 2.00 bits per heavy atom. The summed E-state index contributed by atoms with van der Waals surface area (Å²) in [6.07, 6.45) is 2.55. The minimum Gasteiger partial charge on any atom is -0.497 e. The summed E-state index contributed by atoms with van der Waals surface area (Å²) in [5.74, 6) is 0.439. The molecule has 1 aromatic carbocycles. The van der Waals surface area contributed by atoms with Gasteiger partial charge in [-0.15, -0.1) is 0 Å². The molecule has 1 saturated heterocycles. The Bertz CT molecular complexity index is 867. The number of fused-ring (bicyclic) bond motifs is 1. The maximum Gasteiger partial charge on any atom is 0.260 e. The lowest BCUT2D eigenvalue weighted by Gasteiger charge is -2.37. The summed E-state index contributed by atoms with van der Waals surface area (Å²) in [7, 11) is -2.19. The molecule has 8 heteroatoms. The normalized spacial score (nSPS) is 33.7. The molecule has 148 valence electrons. The number of carbonyl (C=O) groups excluding carboxylic acids is 1. The van der Waals surface area contributed by atoms with Crippen LogP contribution in [0, 0.1) is 16.7 Å². The fourth-order valence-electron chi connectivity index (χ4n) is 5.77. The Morgan fingerprint density at radius 3 is 2.56 bits per heavy atom. The van der Waals surface area contributed by atoms with Crippen LogP contribution in [0.1, 0.15) is 44.7 Å². The van der Waals surface area contributed by atoms with E-state index in [0.717, 1.165) is 17.1 Å². The lowest BCUT2D eigenvalue weighted by atomic mass is 9.69. The van der Waals surface area contributed by atoms with Gasteiger partial charge in [-0.25, -0.2) is 12.7 Å². The molecule has 2 aliphatic carbocycles. The van der Waals surface area contributed by atoms with E-state index in [4.69, 9.17) is 4.74 Å². The van der Waals surface area contributed by atoms with Gasteiger partial charge in [-0.1, -0.05) is 26.0 Å². The molecule has 3 aliphatic rings. The van der Waals surface area contributed by atoms with Crippen molar-refractivity contribution in [2.75, 3.05) is 12.9 Å². The van der Waals surface area contributed by atoms with Crippen LogP contribution in [0.15, 0.2) is 24.3 Å². The number of methoxy groups -OCH3 is 1. The predicted octanol–water partition coefficient (Wildman–Crippen LogP) is 2.08. The molecule has 4 atom stereocenters. The van der Waals surface area contributed by atoms with E-state index in [-0.39, 0.29) is 22.6 Å². The first-order chi connectivity index (χ1) is 12.7. The Morgan fingerprint density at radius 1 is 1.33 bits per heavy atom. The zero-order valence-electron chi connectivity index (χ0n) is 15.8. The molecular weight excluding hydrogens is 368 g/mol. The van der Waals surface area contributed by atoms with Crippen LogP contribution in [0.2, 0.25) is 0 Å². The van der Waals surface area contributed by atoms with Crippen molar-refractivity contribution in [3.8, 4) is 5.75 Å². The van der Waals surface area contributed by atoms with Gasteiger partial charge >= 0.3 is 0 Å². The van der Waals surface area contributed by atoms with Crippen LogP contribution in [-0.4, -0.2) is 42.7 Å². The number of sulfonamides is 1. The van der Waals surface area contributed by atoms with Crippen molar-refractivity contribution in [3.05, 3.63) is 29.8 Å². The second-order valence-corrected chi connectivity index (χ2v) is 10.4. The minimum absolute atomic E-state index is 0.0146. The Labute approximate surface area is 159 Å². The summed E-state index contributed by atoms with van der Waals surface area (Å²) < 4.78 is 32.2. The molecule has 1 heterocycles. The zero-order valence-corrected chi connectivity index (χ0v) is 16.6. The molecule has 4 rings (SSSR count). The van der Waals surface area contributed by atoms with Crippen molar-refractivity contribution < 1.29 is 23.2 Å². The number of rotatable bonds is 4. The molecule has 1 aromatic rings. The topological polar surface area (TPSA) is 95.9 Å². The largest absolute Gasteiger partial charge is 0.497 e. The minimum atomic E-state index is -3.73. The van der Waals surface area contributed by atoms with Crippen LogP contribution >= 0.6 is 0 Å². The fourth-order valence-corrected chi connectivity index (χ4v) is 8.33. The third-order valence-corrected chi connectivity index (χ3v) is 9.37. The summed E-state index contributed by atoms with van der Waals surface area (Å²) >= 11 is 0. The van der Waals surface area contributed by atoms with E-state index in [0.29, 0.717) is 23.7 Å². The van der Waals surface area contributed by atoms with E-state index < -0.39 is 22.0 Å². The first-order valence-electron chi connectivity index (χ1n) is 9.27. The lowest BCUT2D eigenvalue weighted by molar-refractivity contribution is -0.134. The smallest absolute Gasteiger partial charge is 0.260 e. The van der Waals surface area contributed by atoms with Crippen LogP contribution in [0.4, 0.5) is 0 Å². The Hall–Kier alpha value is -1.64. The predicted molar refractivity (Wildman–Crippen MR) is 98.6 cm³/mol. The summed E-state index contributed by atoms with van der Waals surface area (Å²) in [6, 6.07) is 5.18. The lowest BCUT2D eigenvalue weighted by Crippen LogP contribution is -2.47. The molecule has 3 fully saturated rings. The standard InChI is InChI=1S/C19H26N2O5S/c1-18(2)13-8-9-19(18)11-27(24,25)21(15(19)10-13)17(22)16(20-23)12-4-6-14(26-3)7-5-12/h4-7,13,15-16,20,23H,8-11H2,1-3H3/t13-,15-,16-,19-/m1/s1. The molecule has 2 N–H and O–H groups in total. The molecule has 7 nitrogen and oxygen atoms in total. The van der Waals surface area contributed by atoms with Crippen molar-refractivity contribution in [2.45, 2.75) is 45.2 Å². The molecule has 1 spiro atoms. The van der Waals surface area contributed by atoms with Crippen LogP contribution in [0.25, 0.3) is 0 Å². The van der Waals surface area contributed by atoms with Crippen LogP contribution < -0.4 is 10.2 Å². The van der Waals surface area contributed by atoms with E-state index >= 15 is 0 Å². The number of benzene rings is 1. The van der Waals surface area contributed by atoms with Crippen molar-refractivity contribution in [3.63, 3.8) is 0 Å². The second-order valence-electron chi connectivity index (χ2n) is 8.59. The summed E-state index contributed by atoms with van der Waals surface area (Å²) in [4.78, 5) is 13.3. The molecular formula is C19H26N2O5S. The summed E-state index contributed by atoms with van der Waals surface area (Å²) in [6.45, 7) is 4.28. The number of nitrogens with zero attached hydrogens (tertiary/aromatic N) is 1. The maximum atomic E-state index is 13.3. The van der Waals surface area contributed by atoms with Crippen molar-refractivity contribution in [2.24, 2.45) is 16.7 Å². The van der Waals surface area contributed by atoms with E-state index in [9.17, 15) is 18.4 Å². The van der Waals surface area contributed by atoms with Crippen LogP contribution in [0.5, 0.6) is 5.75 Å². The molecule has 1 amide bonds. The first kappa shape index (κ1) is 18.7. The molecule has 0 aromatic heterocycles. The van der Waals surface area contributed by atoms with Gasteiger partial charge in [-0.2, -0.15) is 5.48 Å². The SMILES string of the molecule is COc1ccc([C@@H](NO)C(=O)N2[C@@H]3C[C@H]4CC[C@]3(CS2(=O)=O)C4(C)C)cc1. The third kappa shape index (κ3) is 2.39. The number of nitrogens with one attached hydrogen (secondary N) is 1. The molecule has 1 aliphatic heterocycles. The third-order valence-electron chi connectivity index (χ3n) is 7.45. The fraction of sp³-hybridized carbons (Fsp3) is 0.632. The van der Waals surface area contributed by atoms with E-state index in [1.165, 1.54) is 7.11 Å². The highest BCUT2D eigenvalue weighted by Crippen LogP contribution is 2.70. The van der Waals surface area contributed by atoms with E-state index in [1.54, 1.807) is 24.3 Å². The van der Waals surface area contributed by atoms with Gasteiger partial charge in [0.05, 0.1) is 18.9 Å². The molecule has 0 radical (unpaired) electrons. The quantitative estimate of drug-likeness (QED) is 0.759. The molecule has 2 bridgehead atoms. The number of hydrogen-bond acceptors (Lipinski definition) is 6. The number of amides is 1. The van der Waals surface area contributed by atoms with E-state index in [2.05, 4.69) is 13.8 Å². The van der Waals surface area contributed by atoms with Gasteiger partial charge in [-0.3, -0.25) is 4.79 Å². The number of hydrogen-bond donors (Lipinski definition) is 2. The van der Waals surface area contributed by atoms with Gasteiger partial charge < -0.3 is 9.94 Å². The molecule has 2 saturated carbocycles. The van der Waals surface area contributed by atoms with Gasteiger partial charge in [0.15, 0.2) is 0 Å². The Kier molecular flexibility index (Phi) is 4.11. The summed E-state index contributed by atoms with van der Waals surface area (Å²) in [5, 5.41) is 9.66. The monoisotopic (exact) mass is 394 g/mol. The van der Waals surface area contributed by atoms with Crippen LogP contribution in [0.3, 0.4) is 0 Å². The van der Waals surface area contributed by atoms with Gasteiger partial charge in [0.1, 0.15) is 11.8 Å². The van der Waals surface area contributed by atoms with Crippen molar-refractivity contribution >= 4 is 15.9 Å². The average molecular weight is 394 g/mol. The number of ether oxygens (including phenoxy) is 1. The van der Waals surface area contributed by atoms with Gasteiger partial charge in [0.25, 0.3) is 5.91 Å². The molecule has 0 unspecified atom stereocenters. The van der Waals surface area contributed by atoms with Gasteiger partial charge in [0, 0.05) is 5.41 Å². The van der Waals surface area contributed by atoms with E-state index in [1.807, 2.05) is 5.48 Å². The van der Waals surface area contributed by atoms with Crippen molar-refractivity contribution in [1.29, 1.82) is 0 Å². The first-order valence-corrected chi connectivity index (χ1v) is 10.9. The number of hydroxylamine groups is 1. The Balaban J connectivity index is 1.70. The highest BCUT2D eigenvalue weighted by molar-refractivity contribution is 7.90. The van der Waals surface area contributed by atoms with Gasteiger partial charge in [0.2, 0.25) is 10.0 Å². The van der Waals surface area contributed by atoms with Crippen molar-refractivity contribution in [1.82, 2.24) is 9.79 Å².